The predicted octanol–water partition coefficient (Wildman–Crippen LogP) is 3.48. The van der Waals surface area contributed by atoms with Crippen LogP contribution in [0.3, 0.4) is 0 Å². The topological polar surface area (TPSA) is 20.2 Å². The Balaban J connectivity index is 0.000000133. The molecule has 1 N–H and O–H groups in total. The average Bonchev–Trinajstić information content (AvgIpc) is 2.00. The summed E-state index contributed by atoms with van der Waals surface area (Å²) < 4.78 is -0.132. The van der Waals surface area contributed by atoms with Crippen LogP contribution in [-0.2, 0) is 0 Å². The van der Waals surface area contributed by atoms with Gasteiger partial charge in [0.05, 0.1) is 0 Å². The third kappa shape index (κ3) is 3.11. The van der Waals surface area contributed by atoms with E-state index in [0.717, 1.165) is 17.9 Å². The van der Waals surface area contributed by atoms with Crippen molar-refractivity contribution in [2.75, 3.05) is 0 Å². The van der Waals surface area contributed by atoms with Crippen molar-refractivity contribution in [1.29, 1.82) is 0 Å². The maximum atomic E-state index is 8.54. The molecule has 0 heterocycles. The Morgan fingerprint density at radius 3 is 2.23 bits per heavy atom. The molecule has 0 fully saturated rings. The minimum Gasteiger partial charge on any atom is -0.383 e. The first-order valence-electron chi connectivity index (χ1n) is 4.27. The van der Waals surface area contributed by atoms with Gasteiger partial charge in [0, 0.05) is 10.2 Å². The molecular weight excluding hydrogens is 298 g/mol. The van der Waals surface area contributed by atoms with E-state index in [-0.39, 0.29) is 4.11 Å². The molecule has 2 aliphatic rings. The van der Waals surface area contributed by atoms with Gasteiger partial charge in [-0.1, -0.05) is 59.7 Å². The number of benzene rings is 1. The minimum absolute atomic E-state index is 0.132. The summed E-state index contributed by atoms with van der Waals surface area (Å²) in [5.74, 6) is 0. The molecule has 0 saturated heterocycles. The zero-order valence-electron chi connectivity index (χ0n) is 7.43. The molecule has 0 spiro atoms. The lowest BCUT2D eigenvalue weighted by atomic mass is 10.1. The van der Waals surface area contributed by atoms with Crippen molar-refractivity contribution in [3.63, 3.8) is 0 Å². The first kappa shape index (κ1) is 11.3. The number of halogens is 2. The molecule has 2 rings (SSSR count). The van der Waals surface area contributed by atoms with Crippen LogP contribution in [0.1, 0.15) is 19.8 Å². The van der Waals surface area contributed by atoms with E-state index in [1.165, 1.54) is 10.4 Å². The molecule has 0 bridgehead atoms. The Morgan fingerprint density at radius 2 is 2.23 bits per heavy atom. The summed E-state index contributed by atoms with van der Waals surface area (Å²) in [4.78, 5) is 0. The summed E-state index contributed by atoms with van der Waals surface area (Å²) in [5, 5.41) is 12.0. The zero-order chi connectivity index (χ0) is 9.84. The third-order valence-electron chi connectivity index (χ3n) is 1.81. The lowest BCUT2D eigenvalue weighted by Crippen LogP contribution is -1.90. The molecule has 13 heavy (non-hydrogen) atoms. The van der Waals surface area contributed by atoms with Crippen LogP contribution in [0.4, 0.5) is 0 Å². The highest BCUT2D eigenvalue weighted by Gasteiger charge is 1.99. The normalized spacial score (nSPS) is 12.9. The SMILES string of the molecule is CCCC(O)I.Clc1cc2ccc1=2. The molecule has 1 nitrogen and oxygen atoms in total. The lowest BCUT2D eigenvalue weighted by molar-refractivity contribution is 0.267. The van der Waals surface area contributed by atoms with Crippen LogP contribution < -0.4 is 0 Å². The number of aliphatic hydroxyl groups excluding tert-OH is 1. The Bertz CT molecular complexity index is 362. The van der Waals surface area contributed by atoms with Crippen molar-refractivity contribution in [2.45, 2.75) is 23.9 Å². The van der Waals surface area contributed by atoms with E-state index in [1.54, 1.807) is 0 Å². The first-order valence-corrected chi connectivity index (χ1v) is 5.89. The van der Waals surface area contributed by atoms with Crippen molar-refractivity contribution >= 4 is 34.2 Å². The number of alkyl halides is 1. The molecule has 0 aromatic carbocycles. The monoisotopic (exact) mass is 310 g/mol. The number of hydrogen-bond donors (Lipinski definition) is 1. The average molecular weight is 311 g/mol. The van der Waals surface area contributed by atoms with Gasteiger partial charge in [0.25, 0.3) is 0 Å². The van der Waals surface area contributed by atoms with Gasteiger partial charge in [0.2, 0.25) is 0 Å². The van der Waals surface area contributed by atoms with E-state index in [4.69, 9.17) is 16.7 Å². The van der Waals surface area contributed by atoms with Crippen molar-refractivity contribution in [2.24, 2.45) is 0 Å². The fourth-order valence-corrected chi connectivity index (χ4v) is 1.89. The predicted molar refractivity (Wildman–Crippen MR) is 64.1 cm³/mol. The maximum Gasteiger partial charge on any atom is 0.105 e. The van der Waals surface area contributed by atoms with Gasteiger partial charge >= 0.3 is 0 Å². The fraction of sp³-hybridized carbons (Fsp3) is 0.400. The van der Waals surface area contributed by atoms with Gasteiger partial charge in [-0.05, 0) is 17.7 Å². The number of hydrogen-bond acceptors (Lipinski definition) is 1. The molecule has 0 aliphatic heterocycles. The number of rotatable bonds is 2. The smallest absolute Gasteiger partial charge is 0.105 e. The van der Waals surface area contributed by atoms with Crippen LogP contribution in [0, 0.1) is 10.4 Å². The lowest BCUT2D eigenvalue weighted by Gasteiger charge is -2.01. The molecule has 2 aliphatic carbocycles. The van der Waals surface area contributed by atoms with Gasteiger partial charge in [-0.15, -0.1) is 0 Å². The molecule has 1 atom stereocenters. The minimum atomic E-state index is -0.132. The Morgan fingerprint density at radius 1 is 1.54 bits per heavy atom. The van der Waals surface area contributed by atoms with Gasteiger partial charge in [-0.25, -0.2) is 0 Å². The van der Waals surface area contributed by atoms with Crippen LogP contribution in [0.2, 0.25) is 5.02 Å². The van der Waals surface area contributed by atoms with Crippen LogP contribution >= 0.6 is 34.2 Å². The quantitative estimate of drug-likeness (QED) is 0.665. The van der Waals surface area contributed by atoms with Gasteiger partial charge in [-0.3, -0.25) is 0 Å². The zero-order valence-corrected chi connectivity index (χ0v) is 10.3. The van der Waals surface area contributed by atoms with E-state index >= 15 is 0 Å². The molecular formula is C10H12ClIO. The fourth-order valence-electron chi connectivity index (χ4n) is 0.981. The van der Waals surface area contributed by atoms with Gasteiger partial charge in [0.15, 0.2) is 0 Å². The summed E-state index contributed by atoms with van der Waals surface area (Å²) in [6.07, 6.45) is 1.99. The second-order valence-electron chi connectivity index (χ2n) is 2.92. The van der Waals surface area contributed by atoms with Crippen molar-refractivity contribution in [1.82, 2.24) is 0 Å². The van der Waals surface area contributed by atoms with Gasteiger partial charge < -0.3 is 5.11 Å². The second kappa shape index (κ2) is 5.17. The highest BCUT2D eigenvalue weighted by atomic mass is 127. The van der Waals surface area contributed by atoms with E-state index < -0.39 is 0 Å². The largest absolute Gasteiger partial charge is 0.383 e. The Hall–Kier alpha value is 0.200. The standard InChI is InChI=1S/C6H3Cl.C4H9IO/c7-6-3-4-1-2-5(4)6;1-2-3-4(5)6/h1-3H;4,6H,2-3H2,1H3. The van der Waals surface area contributed by atoms with E-state index in [1.807, 2.05) is 34.7 Å². The first-order chi connectivity index (χ1) is 6.15. The van der Waals surface area contributed by atoms with Gasteiger partial charge in [0.1, 0.15) is 4.11 Å². The van der Waals surface area contributed by atoms with E-state index in [0.29, 0.717) is 0 Å². The molecule has 72 valence electrons. The Kier molecular flexibility index (Phi) is 4.49. The summed E-state index contributed by atoms with van der Waals surface area (Å²) >= 11 is 7.60. The summed E-state index contributed by atoms with van der Waals surface area (Å²) in [5.41, 5.74) is 0. The molecule has 0 saturated carbocycles. The summed E-state index contributed by atoms with van der Waals surface area (Å²) in [6, 6.07) is 6.05. The summed E-state index contributed by atoms with van der Waals surface area (Å²) in [6.45, 7) is 2.06. The van der Waals surface area contributed by atoms with Crippen molar-refractivity contribution in [3.8, 4) is 0 Å². The molecule has 3 heteroatoms. The van der Waals surface area contributed by atoms with Crippen LogP contribution in [0.15, 0.2) is 18.2 Å². The maximum absolute atomic E-state index is 8.54. The molecule has 1 unspecified atom stereocenters. The second-order valence-corrected chi connectivity index (χ2v) is 4.76. The van der Waals surface area contributed by atoms with Crippen LogP contribution in [-0.4, -0.2) is 9.22 Å². The molecule has 0 amide bonds. The highest BCUT2D eigenvalue weighted by Crippen LogP contribution is 2.20. The molecule has 0 radical (unpaired) electrons. The van der Waals surface area contributed by atoms with Crippen molar-refractivity contribution < 1.29 is 5.11 Å². The van der Waals surface area contributed by atoms with Gasteiger partial charge in [-0.2, -0.15) is 0 Å². The Labute approximate surface area is 96.6 Å². The highest BCUT2D eigenvalue weighted by molar-refractivity contribution is 14.1. The summed E-state index contributed by atoms with van der Waals surface area (Å²) in [7, 11) is 0. The molecule has 0 aromatic rings. The van der Waals surface area contributed by atoms with Crippen molar-refractivity contribution in [3.05, 3.63) is 33.7 Å². The van der Waals surface area contributed by atoms with Crippen LogP contribution in [0.5, 0.6) is 0 Å². The van der Waals surface area contributed by atoms with E-state index in [9.17, 15) is 0 Å². The van der Waals surface area contributed by atoms with E-state index in [2.05, 4.69) is 13.0 Å². The molecule has 0 aromatic heterocycles. The van der Waals surface area contributed by atoms with Crippen LogP contribution in [0.25, 0.3) is 0 Å². The third-order valence-corrected chi connectivity index (χ3v) is 2.74. The number of aliphatic hydroxyl groups is 1.